The van der Waals surface area contributed by atoms with Gasteiger partial charge in [-0.25, -0.2) is 4.79 Å². The Bertz CT molecular complexity index is 950. The Labute approximate surface area is 144 Å². The normalized spacial score (nSPS) is 12.6. The number of nitriles is 1. The Hall–Kier alpha value is -2.46. The van der Waals surface area contributed by atoms with Gasteiger partial charge in [0, 0.05) is 6.54 Å². The molecule has 7 heteroatoms. The highest BCUT2D eigenvalue weighted by molar-refractivity contribution is 7.71. The third-order valence-electron chi connectivity index (χ3n) is 4.12. The molecule has 0 radical (unpaired) electrons. The Morgan fingerprint density at radius 3 is 2.75 bits per heavy atom. The van der Waals surface area contributed by atoms with E-state index in [9.17, 15) is 9.59 Å². The smallest absolute Gasteiger partial charge is 0.338 e. The van der Waals surface area contributed by atoms with Crippen LogP contribution in [0.2, 0.25) is 0 Å². The number of hydrogen-bond donors (Lipinski definition) is 1. The average molecular weight is 345 g/mol. The molecule has 1 aromatic carbocycles. The van der Waals surface area contributed by atoms with E-state index in [1.165, 1.54) is 10.6 Å². The summed E-state index contributed by atoms with van der Waals surface area (Å²) < 4.78 is 7.12. The molecular weight excluding hydrogens is 326 g/mol. The molecule has 1 atom stereocenters. The van der Waals surface area contributed by atoms with E-state index in [1.54, 1.807) is 32.9 Å². The summed E-state index contributed by atoms with van der Waals surface area (Å²) in [5.41, 5.74) is -0.213. The third-order valence-corrected chi connectivity index (χ3v) is 4.44. The van der Waals surface area contributed by atoms with E-state index in [-0.39, 0.29) is 5.56 Å². The predicted molar refractivity (Wildman–Crippen MR) is 93.3 cm³/mol. The molecule has 2 rings (SSSR count). The second kappa shape index (κ2) is 6.57. The van der Waals surface area contributed by atoms with Crippen LogP contribution in [-0.4, -0.2) is 21.6 Å². The van der Waals surface area contributed by atoms with Gasteiger partial charge in [-0.05, 0) is 58.1 Å². The number of rotatable bonds is 4. The fourth-order valence-corrected chi connectivity index (χ4v) is 2.46. The van der Waals surface area contributed by atoms with Crippen LogP contribution in [0.4, 0.5) is 0 Å². The highest BCUT2D eigenvalue weighted by Crippen LogP contribution is 2.23. The number of ether oxygens (including phenoxy) is 1. The summed E-state index contributed by atoms with van der Waals surface area (Å²) >= 11 is 5.16. The molecule has 0 saturated heterocycles. The number of benzene rings is 1. The third kappa shape index (κ3) is 3.24. The number of carbonyl (C=O) groups excluding carboxylic acids is 1. The minimum atomic E-state index is -0.790. The fourth-order valence-electron chi connectivity index (χ4n) is 2.14. The Morgan fingerprint density at radius 1 is 1.50 bits per heavy atom. The second-order valence-corrected chi connectivity index (χ2v) is 6.51. The SMILES string of the molecule is CCn1c(=S)[nH]c2cc(C(=O)OC(C)C(C)(C)C#N)ccc2c1=O. The number of fused-ring (bicyclic) bond motifs is 1. The maximum atomic E-state index is 12.3. The van der Waals surface area contributed by atoms with Gasteiger partial charge in [0.1, 0.15) is 6.10 Å². The van der Waals surface area contributed by atoms with Crippen molar-refractivity contribution in [2.75, 3.05) is 0 Å². The van der Waals surface area contributed by atoms with Gasteiger partial charge in [0.15, 0.2) is 4.77 Å². The first-order valence-electron chi connectivity index (χ1n) is 7.60. The van der Waals surface area contributed by atoms with Crippen molar-refractivity contribution < 1.29 is 9.53 Å². The van der Waals surface area contributed by atoms with Gasteiger partial charge in [-0.2, -0.15) is 5.26 Å². The minimum absolute atomic E-state index is 0.199. The first-order valence-corrected chi connectivity index (χ1v) is 8.01. The number of aromatic nitrogens is 2. The van der Waals surface area contributed by atoms with Crippen LogP contribution in [0.25, 0.3) is 10.9 Å². The molecule has 0 aliphatic heterocycles. The molecule has 0 aliphatic carbocycles. The van der Waals surface area contributed by atoms with Crippen LogP contribution in [0.3, 0.4) is 0 Å². The average Bonchev–Trinajstić information content (AvgIpc) is 2.54. The van der Waals surface area contributed by atoms with Crippen LogP contribution in [0.1, 0.15) is 38.1 Å². The standard InChI is InChI=1S/C17H19N3O3S/c1-5-20-14(21)12-7-6-11(8-13(12)19-16(20)24)15(22)23-10(2)17(3,4)9-18/h6-8,10H,5H2,1-4H3,(H,19,24). The zero-order valence-electron chi connectivity index (χ0n) is 14.0. The molecule has 0 bridgehead atoms. The molecule has 0 amide bonds. The van der Waals surface area contributed by atoms with Crippen LogP contribution < -0.4 is 5.56 Å². The zero-order chi connectivity index (χ0) is 18.1. The lowest BCUT2D eigenvalue weighted by Gasteiger charge is -2.24. The summed E-state index contributed by atoms with van der Waals surface area (Å²) in [6, 6.07) is 6.77. The first kappa shape index (κ1) is 17.9. The van der Waals surface area contributed by atoms with Gasteiger partial charge in [0.25, 0.3) is 5.56 Å². The van der Waals surface area contributed by atoms with E-state index < -0.39 is 17.5 Å². The maximum Gasteiger partial charge on any atom is 0.338 e. The van der Waals surface area contributed by atoms with Gasteiger partial charge in [-0.3, -0.25) is 9.36 Å². The molecular formula is C17H19N3O3S. The quantitative estimate of drug-likeness (QED) is 0.679. The number of hydrogen-bond acceptors (Lipinski definition) is 5. The van der Waals surface area contributed by atoms with Crippen LogP contribution in [0.15, 0.2) is 23.0 Å². The molecule has 126 valence electrons. The summed E-state index contributed by atoms with van der Waals surface area (Å²) in [5, 5.41) is 9.56. The number of carbonyl (C=O) groups is 1. The molecule has 1 N–H and O–H groups in total. The first-order chi connectivity index (χ1) is 11.2. The van der Waals surface area contributed by atoms with Crippen molar-refractivity contribution in [2.45, 2.75) is 40.3 Å². The van der Waals surface area contributed by atoms with Gasteiger partial charge in [0.05, 0.1) is 28.0 Å². The Morgan fingerprint density at radius 2 is 2.17 bits per heavy atom. The highest BCUT2D eigenvalue weighted by atomic mass is 32.1. The monoisotopic (exact) mass is 345 g/mol. The van der Waals surface area contributed by atoms with E-state index in [2.05, 4.69) is 11.1 Å². The van der Waals surface area contributed by atoms with Crippen molar-refractivity contribution in [3.63, 3.8) is 0 Å². The van der Waals surface area contributed by atoms with E-state index in [0.29, 0.717) is 27.8 Å². The van der Waals surface area contributed by atoms with E-state index in [4.69, 9.17) is 22.2 Å². The molecule has 0 spiro atoms. The molecule has 0 aliphatic rings. The summed E-state index contributed by atoms with van der Waals surface area (Å²) in [7, 11) is 0. The number of esters is 1. The molecule has 0 fully saturated rings. The molecule has 1 heterocycles. The summed E-state index contributed by atoms with van der Waals surface area (Å²) in [4.78, 5) is 27.6. The van der Waals surface area contributed by atoms with Gasteiger partial charge >= 0.3 is 5.97 Å². The lowest BCUT2D eigenvalue weighted by molar-refractivity contribution is 0.0129. The summed E-state index contributed by atoms with van der Waals surface area (Å²) in [6.45, 7) is 7.39. The molecule has 1 unspecified atom stereocenters. The topological polar surface area (TPSA) is 87.9 Å². The summed E-state index contributed by atoms with van der Waals surface area (Å²) in [6.07, 6.45) is -0.572. The van der Waals surface area contributed by atoms with Crippen molar-refractivity contribution in [3.8, 4) is 6.07 Å². The maximum absolute atomic E-state index is 12.3. The van der Waals surface area contributed by atoms with Gasteiger partial charge in [0.2, 0.25) is 0 Å². The molecule has 24 heavy (non-hydrogen) atoms. The van der Waals surface area contributed by atoms with Crippen LogP contribution in [-0.2, 0) is 11.3 Å². The van der Waals surface area contributed by atoms with Gasteiger partial charge in [-0.15, -0.1) is 0 Å². The lowest BCUT2D eigenvalue weighted by atomic mass is 9.89. The number of nitrogens with zero attached hydrogens (tertiary/aromatic N) is 2. The number of H-pyrrole nitrogens is 1. The van der Waals surface area contributed by atoms with Crippen LogP contribution in [0, 0.1) is 21.5 Å². The van der Waals surface area contributed by atoms with Gasteiger partial charge in [-0.1, -0.05) is 0 Å². The van der Waals surface area contributed by atoms with E-state index in [0.717, 1.165) is 0 Å². The second-order valence-electron chi connectivity index (χ2n) is 6.12. The minimum Gasteiger partial charge on any atom is -0.457 e. The number of aromatic amines is 1. The number of nitrogens with one attached hydrogen (secondary N) is 1. The van der Waals surface area contributed by atoms with Crippen molar-refractivity contribution in [1.29, 1.82) is 5.26 Å². The van der Waals surface area contributed by atoms with E-state index in [1.807, 2.05) is 6.92 Å². The molecule has 1 aromatic heterocycles. The molecule has 0 saturated carbocycles. The largest absolute Gasteiger partial charge is 0.457 e. The molecule has 6 nitrogen and oxygen atoms in total. The zero-order valence-corrected chi connectivity index (χ0v) is 14.9. The fraction of sp³-hybridized carbons (Fsp3) is 0.412. The van der Waals surface area contributed by atoms with Crippen LogP contribution >= 0.6 is 12.2 Å². The van der Waals surface area contributed by atoms with Crippen LogP contribution in [0.5, 0.6) is 0 Å². The van der Waals surface area contributed by atoms with Crippen molar-refractivity contribution in [3.05, 3.63) is 38.9 Å². The van der Waals surface area contributed by atoms with E-state index >= 15 is 0 Å². The highest BCUT2D eigenvalue weighted by Gasteiger charge is 2.29. The predicted octanol–water partition coefficient (Wildman–Crippen LogP) is 3.17. The van der Waals surface area contributed by atoms with Crippen molar-refractivity contribution in [2.24, 2.45) is 5.41 Å². The molecule has 2 aromatic rings. The van der Waals surface area contributed by atoms with Crippen molar-refractivity contribution in [1.82, 2.24) is 9.55 Å². The van der Waals surface area contributed by atoms with Gasteiger partial charge < -0.3 is 9.72 Å². The summed E-state index contributed by atoms with van der Waals surface area (Å²) in [5.74, 6) is -0.549. The lowest BCUT2D eigenvalue weighted by Crippen LogP contribution is -2.30. The van der Waals surface area contributed by atoms with Crippen molar-refractivity contribution >= 4 is 29.1 Å². The Kier molecular flexibility index (Phi) is 4.90. The Balaban J connectivity index is 2.42.